The number of anilines is 1. The average Bonchev–Trinajstić information content (AvgIpc) is 2.96. The zero-order valence-electron chi connectivity index (χ0n) is 14.3. The van der Waals surface area contributed by atoms with Crippen molar-refractivity contribution >= 4 is 35.1 Å². The summed E-state index contributed by atoms with van der Waals surface area (Å²) in [5.41, 5.74) is 1.16. The van der Waals surface area contributed by atoms with Gasteiger partial charge in [0.25, 0.3) is 5.91 Å². The average molecular weight is 387 g/mol. The molecule has 0 unspecified atom stereocenters. The van der Waals surface area contributed by atoms with Crippen LogP contribution in [0.1, 0.15) is 18.1 Å². The number of aryl methyl sites for hydroxylation is 1. The molecule has 1 atom stereocenters. The number of phenolic OH excluding ortho intramolecular Hbond substituents is 2. The van der Waals surface area contributed by atoms with Crippen LogP contribution in [0.15, 0.2) is 41.3 Å². The molecular weight excluding hydrogens is 370 g/mol. The van der Waals surface area contributed by atoms with Crippen molar-refractivity contribution in [3.05, 3.63) is 62.5 Å². The van der Waals surface area contributed by atoms with E-state index in [-0.39, 0.29) is 22.1 Å². The van der Waals surface area contributed by atoms with E-state index < -0.39 is 21.9 Å². The van der Waals surface area contributed by atoms with Crippen molar-refractivity contribution in [1.82, 2.24) is 5.32 Å². The molecule has 1 heterocycles. The number of benzene rings is 2. The lowest BCUT2D eigenvalue weighted by Gasteiger charge is -2.12. The highest BCUT2D eigenvalue weighted by Gasteiger charge is 2.28. The molecule has 1 aliphatic heterocycles. The van der Waals surface area contributed by atoms with Crippen molar-refractivity contribution in [1.29, 1.82) is 0 Å². The first kappa shape index (κ1) is 18.6. The van der Waals surface area contributed by atoms with Crippen LogP contribution in [0.3, 0.4) is 0 Å². The van der Waals surface area contributed by atoms with E-state index in [2.05, 4.69) is 17.6 Å². The second kappa shape index (κ2) is 7.58. The van der Waals surface area contributed by atoms with E-state index in [0.717, 1.165) is 24.2 Å². The summed E-state index contributed by atoms with van der Waals surface area (Å²) in [4.78, 5) is 22.6. The summed E-state index contributed by atoms with van der Waals surface area (Å²) >= 11 is 1.19. The van der Waals surface area contributed by atoms with Gasteiger partial charge in [-0.1, -0.05) is 30.8 Å². The number of carbonyl (C=O) groups is 1. The molecule has 0 radical (unpaired) electrons. The highest BCUT2D eigenvalue weighted by Crippen LogP contribution is 2.37. The number of thioether (sulfide) groups is 1. The van der Waals surface area contributed by atoms with E-state index in [0.29, 0.717) is 0 Å². The van der Waals surface area contributed by atoms with Gasteiger partial charge in [-0.3, -0.25) is 14.9 Å². The van der Waals surface area contributed by atoms with E-state index in [1.54, 1.807) is 0 Å². The van der Waals surface area contributed by atoms with E-state index in [1.165, 1.54) is 23.4 Å². The smallest absolute Gasteiger partial charge is 0.311 e. The maximum absolute atomic E-state index is 12.2. The molecule has 1 amide bonds. The van der Waals surface area contributed by atoms with Gasteiger partial charge in [0, 0.05) is 23.4 Å². The predicted octanol–water partition coefficient (Wildman–Crippen LogP) is 3.17. The van der Waals surface area contributed by atoms with Gasteiger partial charge in [0.05, 0.1) is 9.83 Å². The van der Waals surface area contributed by atoms with Crippen molar-refractivity contribution in [3.63, 3.8) is 0 Å². The number of nitro groups is 1. The molecule has 3 rings (SSSR count). The Kier molecular flexibility index (Phi) is 5.22. The SMILES string of the molecule is CCc1ccc(N[C@@H]2NC(=O)/C(=C/c3cc([N+](=O)[O-])c(O)cc3O)S2)cc1. The highest BCUT2D eigenvalue weighted by molar-refractivity contribution is 8.05. The third-order valence-corrected chi connectivity index (χ3v) is 5.03. The molecule has 4 N–H and O–H groups in total. The van der Waals surface area contributed by atoms with Crippen molar-refractivity contribution in [2.75, 3.05) is 5.32 Å². The van der Waals surface area contributed by atoms with Crippen LogP contribution in [0.4, 0.5) is 11.4 Å². The Labute approximate surface area is 159 Å². The molecule has 8 nitrogen and oxygen atoms in total. The quantitative estimate of drug-likeness (QED) is 0.353. The number of hydrogen-bond acceptors (Lipinski definition) is 7. The minimum atomic E-state index is -0.761. The normalized spacial score (nSPS) is 17.7. The molecule has 1 aliphatic rings. The lowest BCUT2D eigenvalue weighted by molar-refractivity contribution is -0.385. The molecule has 0 aromatic heterocycles. The van der Waals surface area contributed by atoms with Crippen LogP contribution in [-0.4, -0.2) is 26.5 Å². The number of phenols is 2. The molecule has 2 aromatic carbocycles. The minimum Gasteiger partial charge on any atom is -0.507 e. The lowest BCUT2D eigenvalue weighted by atomic mass is 10.1. The fourth-order valence-corrected chi connectivity index (χ4v) is 3.51. The molecule has 1 saturated heterocycles. The number of nitrogens with zero attached hydrogens (tertiary/aromatic N) is 1. The molecule has 9 heteroatoms. The molecular formula is C18H17N3O5S. The van der Waals surface area contributed by atoms with Crippen LogP contribution < -0.4 is 10.6 Å². The van der Waals surface area contributed by atoms with Gasteiger partial charge in [-0.2, -0.15) is 0 Å². The maximum atomic E-state index is 12.2. The van der Waals surface area contributed by atoms with E-state index in [9.17, 15) is 25.1 Å². The lowest BCUT2D eigenvalue weighted by Crippen LogP contribution is -2.30. The number of carbonyl (C=O) groups excluding carboxylic acids is 1. The van der Waals surface area contributed by atoms with Crippen molar-refractivity contribution < 1.29 is 19.9 Å². The number of hydrogen-bond donors (Lipinski definition) is 4. The summed E-state index contributed by atoms with van der Waals surface area (Å²) in [6, 6.07) is 9.73. The second-order valence-corrected chi connectivity index (χ2v) is 6.98. The molecule has 0 saturated carbocycles. The number of aromatic hydroxyl groups is 2. The van der Waals surface area contributed by atoms with Crippen molar-refractivity contribution in [2.24, 2.45) is 0 Å². The summed E-state index contributed by atoms with van der Waals surface area (Å²) in [7, 11) is 0. The topological polar surface area (TPSA) is 125 Å². The first-order valence-corrected chi connectivity index (χ1v) is 9.00. The summed E-state index contributed by atoms with van der Waals surface area (Å²) in [5, 5.41) is 36.3. The fraction of sp³-hybridized carbons (Fsp3) is 0.167. The Morgan fingerprint density at radius 3 is 2.59 bits per heavy atom. The zero-order chi connectivity index (χ0) is 19.6. The van der Waals surface area contributed by atoms with Crippen molar-refractivity contribution in [2.45, 2.75) is 18.8 Å². The molecule has 0 spiro atoms. The summed E-state index contributed by atoms with van der Waals surface area (Å²) in [5.74, 6) is -1.36. The van der Waals surface area contributed by atoms with Crippen molar-refractivity contribution in [3.8, 4) is 11.5 Å². The van der Waals surface area contributed by atoms with Gasteiger partial charge in [-0.25, -0.2) is 0 Å². The van der Waals surface area contributed by atoms with Gasteiger partial charge in [0.15, 0.2) is 11.2 Å². The van der Waals surface area contributed by atoms with E-state index in [4.69, 9.17) is 0 Å². The molecule has 27 heavy (non-hydrogen) atoms. The Morgan fingerprint density at radius 1 is 1.26 bits per heavy atom. The Morgan fingerprint density at radius 2 is 1.96 bits per heavy atom. The number of nitro benzene ring substituents is 1. The molecule has 1 fully saturated rings. The first-order valence-electron chi connectivity index (χ1n) is 8.12. The zero-order valence-corrected chi connectivity index (χ0v) is 15.1. The predicted molar refractivity (Wildman–Crippen MR) is 103 cm³/mol. The monoisotopic (exact) mass is 387 g/mol. The molecule has 2 aromatic rings. The van der Waals surface area contributed by atoms with Crippen LogP contribution in [0, 0.1) is 10.1 Å². The fourth-order valence-electron chi connectivity index (χ4n) is 2.54. The molecule has 0 aliphatic carbocycles. The van der Waals surface area contributed by atoms with Gasteiger partial charge in [-0.05, 0) is 30.2 Å². The van der Waals surface area contributed by atoms with Gasteiger partial charge in [0.1, 0.15) is 5.75 Å². The third kappa shape index (κ3) is 4.14. The summed E-state index contributed by atoms with van der Waals surface area (Å²) < 4.78 is 0. The summed E-state index contributed by atoms with van der Waals surface area (Å²) in [6.45, 7) is 2.07. The van der Waals surface area contributed by atoms with Gasteiger partial charge < -0.3 is 20.8 Å². The number of nitrogens with one attached hydrogen (secondary N) is 2. The first-order chi connectivity index (χ1) is 12.9. The van der Waals surface area contributed by atoms with E-state index in [1.807, 2.05) is 24.3 Å². The van der Waals surface area contributed by atoms with Gasteiger partial charge in [0.2, 0.25) is 0 Å². The largest absolute Gasteiger partial charge is 0.507 e. The Hall–Kier alpha value is -3.20. The molecule has 0 bridgehead atoms. The second-order valence-electron chi connectivity index (χ2n) is 5.83. The molecule has 140 valence electrons. The Balaban J connectivity index is 1.79. The van der Waals surface area contributed by atoms with E-state index >= 15 is 0 Å². The minimum absolute atomic E-state index is 0.0742. The third-order valence-electron chi connectivity index (χ3n) is 4.00. The van der Waals surface area contributed by atoms with Crippen LogP contribution in [0.5, 0.6) is 11.5 Å². The van der Waals surface area contributed by atoms with Crippen LogP contribution >= 0.6 is 11.8 Å². The number of amides is 1. The Bertz CT molecular complexity index is 927. The van der Waals surface area contributed by atoms with Crippen LogP contribution in [0.2, 0.25) is 0 Å². The summed E-state index contributed by atoms with van der Waals surface area (Å²) in [6.07, 6.45) is 2.29. The van der Waals surface area contributed by atoms with Crippen LogP contribution in [-0.2, 0) is 11.2 Å². The maximum Gasteiger partial charge on any atom is 0.311 e. The standard InChI is InChI=1S/C18H17N3O5S/c1-2-10-3-5-12(6-4-10)19-18-20-17(24)16(27-18)8-11-7-13(21(25)26)15(23)9-14(11)22/h3-9,18-19,22-23H,2H2,1H3,(H,20,24)/b16-8-/t18-/m1/s1. The highest BCUT2D eigenvalue weighted by atomic mass is 32.2. The van der Waals surface area contributed by atoms with Crippen LogP contribution in [0.25, 0.3) is 6.08 Å². The van der Waals surface area contributed by atoms with Gasteiger partial charge >= 0.3 is 5.69 Å². The number of rotatable bonds is 5. The van der Waals surface area contributed by atoms with Gasteiger partial charge in [-0.15, -0.1) is 0 Å².